The molecule has 0 saturated heterocycles. The molecule has 5 nitrogen and oxygen atoms in total. The average molecular weight is 456 g/mol. The minimum Gasteiger partial charge on any atom is -0.436 e. The Kier molecular flexibility index (Phi) is 5.85. The van der Waals surface area contributed by atoms with E-state index in [2.05, 4.69) is 29.5 Å². The number of carbonyl (C=O) groups excluding carboxylic acids is 1. The number of thiophene rings is 1. The lowest BCUT2D eigenvalue weighted by atomic mass is 10.0. The summed E-state index contributed by atoms with van der Waals surface area (Å²) < 4.78 is 5.92. The summed E-state index contributed by atoms with van der Waals surface area (Å²) in [5.41, 5.74) is 4.02. The Balaban J connectivity index is 1.56. The molecule has 0 aliphatic carbocycles. The van der Waals surface area contributed by atoms with Crippen LogP contribution in [0.3, 0.4) is 0 Å². The summed E-state index contributed by atoms with van der Waals surface area (Å²) in [5.74, 6) is 0.625. The molecule has 0 saturated carbocycles. The Morgan fingerprint density at radius 3 is 2.77 bits per heavy atom. The fourth-order valence-electron chi connectivity index (χ4n) is 2.91. The van der Waals surface area contributed by atoms with E-state index < -0.39 is 0 Å². The van der Waals surface area contributed by atoms with Gasteiger partial charge in [-0.2, -0.15) is 0 Å². The first-order valence-corrected chi connectivity index (χ1v) is 10.9. The number of hydrogen-bond donors (Lipinski definition) is 2. The van der Waals surface area contributed by atoms with Gasteiger partial charge in [0, 0.05) is 5.56 Å². The molecular formula is C22H18ClN3O2S2. The van der Waals surface area contributed by atoms with Crippen LogP contribution in [-0.4, -0.2) is 16.0 Å². The summed E-state index contributed by atoms with van der Waals surface area (Å²) in [5, 5.41) is 8.07. The summed E-state index contributed by atoms with van der Waals surface area (Å²) in [4.78, 5) is 17.4. The molecule has 0 spiro atoms. The smallest absolute Gasteiger partial charge is 0.267 e. The van der Waals surface area contributed by atoms with E-state index in [1.54, 1.807) is 24.3 Å². The van der Waals surface area contributed by atoms with Gasteiger partial charge < -0.3 is 9.73 Å². The number of benzene rings is 2. The van der Waals surface area contributed by atoms with Crippen LogP contribution in [0.15, 0.2) is 58.3 Å². The number of nitrogens with one attached hydrogen (secondary N) is 2. The summed E-state index contributed by atoms with van der Waals surface area (Å²) in [6.45, 7) is 4.28. The van der Waals surface area contributed by atoms with Crippen molar-refractivity contribution in [2.24, 2.45) is 0 Å². The van der Waals surface area contributed by atoms with E-state index in [9.17, 15) is 4.79 Å². The highest BCUT2D eigenvalue weighted by atomic mass is 35.5. The van der Waals surface area contributed by atoms with Gasteiger partial charge >= 0.3 is 0 Å². The monoisotopic (exact) mass is 455 g/mol. The van der Waals surface area contributed by atoms with Crippen LogP contribution in [-0.2, 0) is 0 Å². The first kappa shape index (κ1) is 20.5. The van der Waals surface area contributed by atoms with Crippen molar-refractivity contribution in [3.05, 3.63) is 69.4 Å². The van der Waals surface area contributed by atoms with Gasteiger partial charge in [0.15, 0.2) is 10.7 Å². The van der Waals surface area contributed by atoms with Crippen LogP contribution >= 0.6 is 35.2 Å². The van der Waals surface area contributed by atoms with Gasteiger partial charge in [0.1, 0.15) is 5.52 Å². The zero-order valence-corrected chi connectivity index (χ0v) is 18.6. The maximum absolute atomic E-state index is 12.2. The van der Waals surface area contributed by atoms with Crippen LogP contribution in [0.25, 0.3) is 22.6 Å². The molecule has 0 aliphatic heterocycles. The average Bonchev–Trinajstić information content (AvgIpc) is 3.38. The zero-order chi connectivity index (χ0) is 21.3. The second kappa shape index (κ2) is 8.55. The van der Waals surface area contributed by atoms with E-state index in [1.807, 2.05) is 29.6 Å². The Morgan fingerprint density at radius 2 is 2.03 bits per heavy atom. The van der Waals surface area contributed by atoms with Crippen molar-refractivity contribution in [2.75, 3.05) is 5.32 Å². The van der Waals surface area contributed by atoms with E-state index in [-0.39, 0.29) is 11.0 Å². The van der Waals surface area contributed by atoms with Crippen LogP contribution in [0.4, 0.5) is 5.69 Å². The second-order valence-corrected chi connectivity index (χ2v) is 8.74. The van der Waals surface area contributed by atoms with Gasteiger partial charge in [0.05, 0.1) is 15.6 Å². The zero-order valence-electron chi connectivity index (χ0n) is 16.2. The molecule has 30 heavy (non-hydrogen) atoms. The lowest BCUT2D eigenvalue weighted by Crippen LogP contribution is -2.33. The number of oxazole rings is 1. The van der Waals surface area contributed by atoms with Crippen molar-refractivity contribution < 1.29 is 9.21 Å². The lowest BCUT2D eigenvalue weighted by Gasteiger charge is -2.11. The number of halogens is 1. The van der Waals surface area contributed by atoms with Crippen molar-refractivity contribution in [3.63, 3.8) is 0 Å². The highest BCUT2D eigenvalue weighted by Crippen LogP contribution is 2.31. The van der Waals surface area contributed by atoms with Crippen molar-refractivity contribution in [3.8, 4) is 11.5 Å². The Labute approximate surface area is 188 Å². The molecule has 0 radical (unpaired) electrons. The van der Waals surface area contributed by atoms with E-state index >= 15 is 0 Å². The number of carbonyl (C=O) groups is 1. The van der Waals surface area contributed by atoms with Gasteiger partial charge in [-0.3, -0.25) is 10.1 Å². The number of rotatable bonds is 4. The van der Waals surface area contributed by atoms with Gasteiger partial charge in [-0.1, -0.05) is 37.6 Å². The predicted molar refractivity (Wildman–Crippen MR) is 127 cm³/mol. The molecule has 8 heteroatoms. The van der Waals surface area contributed by atoms with Gasteiger partial charge in [-0.25, -0.2) is 4.98 Å². The number of nitrogens with zero attached hydrogens (tertiary/aromatic N) is 1. The van der Waals surface area contributed by atoms with E-state index in [1.165, 1.54) is 16.9 Å². The molecule has 2 aromatic carbocycles. The van der Waals surface area contributed by atoms with E-state index in [0.29, 0.717) is 27.4 Å². The van der Waals surface area contributed by atoms with Gasteiger partial charge in [-0.05, 0) is 65.5 Å². The van der Waals surface area contributed by atoms with Crippen molar-refractivity contribution in [2.45, 2.75) is 19.8 Å². The van der Waals surface area contributed by atoms with Crippen LogP contribution in [0.2, 0.25) is 5.02 Å². The largest absolute Gasteiger partial charge is 0.436 e. The summed E-state index contributed by atoms with van der Waals surface area (Å²) in [7, 11) is 0. The summed E-state index contributed by atoms with van der Waals surface area (Å²) in [6.07, 6.45) is 0. The number of fused-ring (bicyclic) bond motifs is 1. The third kappa shape index (κ3) is 4.38. The third-order valence-corrected chi connectivity index (χ3v) is 5.91. The van der Waals surface area contributed by atoms with Crippen LogP contribution < -0.4 is 10.6 Å². The number of anilines is 1. The molecule has 1 amide bonds. The minimum absolute atomic E-state index is 0.159. The lowest BCUT2D eigenvalue weighted by molar-refractivity contribution is 0.0981. The Bertz CT molecular complexity index is 1230. The van der Waals surface area contributed by atoms with E-state index in [4.69, 9.17) is 28.2 Å². The normalized spacial score (nSPS) is 11.1. The first-order valence-electron chi connectivity index (χ1n) is 9.27. The molecule has 2 aromatic heterocycles. The summed E-state index contributed by atoms with van der Waals surface area (Å²) in [6, 6.07) is 14.9. The van der Waals surface area contributed by atoms with Crippen molar-refractivity contribution in [1.82, 2.24) is 10.3 Å². The predicted octanol–water partition coefficient (Wildman–Crippen LogP) is 6.46. The maximum atomic E-state index is 12.2. The first-order chi connectivity index (χ1) is 14.4. The quantitative estimate of drug-likeness (QED) is 0.345. The number of aromatic nitrogens is 1. The highest BCUT2D eigenvalue weighted by Gasteiger charge is 2.14. The number of amides is 1. The second-order valence-electron chi connectivity index (χ2n) is 6.98. The molecule has 152 valence electrons. The highest BCUT2D eigenvalue weighted by molar-refractivity contribution is 7.80. The van der Waals surface area contributed by atoms with Crippen LogP contribution in [0.5, 0.6) is 0 Å². The molecule has 2 N–H and O–H groups in total. The van der Waals surface area contributed by atoms with Crippen molar-refractivity contribution >= 4 is 63.0 Å². The fraction of sp³-hybridized carbons (Fsp3) is 0.136. The molecule has 0 aliphatic rings. The molecule has 4 aromatic rings. The molecular weight excluding hydrogens is 438 g/mol. The van der Waals surface area contributed by atoms with Crippen molar-refractivity contribution in [1.29, 1.82) is 0 Å². The third-order valence-electron chi connectivity index (χ3n) is 4.51. The number of hydrogen-bond acceptors (Lipinski definition) is 5. The van der Waals surface area contributed by atoms with Gasteiger partial charge in [0.25, 0.3) is 5.91 Å². The van der Waals surface area contributed by atoms with Gasteiger partial charge in [-0.15, -0.1) is 11.3 Å². The molecule has 2 heterocycles. The summed E-state index contributed by atoms with van der Waals surface area (Å²) >= 11 is 12.9. The SMILES string of the molecule is CC(C)c1ccc2oc(-c3ccc(Cl)c(NC(=S)NC(=O)c4cccs4)c3)nc2c1. The molecule has 0 fully saturated rings. The fourth-order valence-corrected chi connectivity index (χ4v) is 3.89. The molecule has 0 atom stereocenters. The standard InChI is InChI=1S/C22H18ClN3O2S2/c1-12(2)13-6-8-18-17(10-13)24-21(28-18)14-5-7-15(23)16(11-14)25-22(29)26-20(27)19-4-3-9-30-19/h3-12H,1-2H3,(H2,25,26,27,29). The van der Waals surface area contributed by atoms with Crippen LogP contribution in [0, 0.1) is 0 Å². The number of thiocarbonyl (C=S) groups is 1. The van der Waals surface area contributed by atoms with Crippen LogP contribution in [0.1, 0.15) is 35.0 Å². The topological polar surface area (TPSA) is 67.2 Å². The Morgan fingerprint density at radius 1 is 1.20 bits per heavy atom. The molecule has 4 rings (SSSR count). The molecule has 0 unspecified atom stereocenters. The Hall–Kier alpha value is -2.74. The van der Waals surface area contributed by atoms with Gasteiger partial charge in [0.2, 0.25) is 5.89 Å². The maximum Gasteiger partial charge on any atom is 0.267 e. The minimum atomic E-state index is -0.269. The van der Waals surface area contributed by atoms with E-state index in [0.717, 1.165) is 16.7 Å². The molecule has 0 bridgehead atoms.